The van der Waals surface area contributed by atoms with E-state index >= 15 is 0 Å². The topological polar surface area (TPSA) is 9.23 Å². The maximum absolute atomic E-state index is 13.4. The minimum Gasteiger partial charge on any atom is -0.488 e. The molecule has 94 valence electrons. The lowest BCUT2D eigenvalue weighted by Gasteiger charge is -2.12. The van der Waals surface area contributed by atoms with Gasteiger partial charge >= 0.3 is 0 Å². The van der Waals surface area contributed by atoms with E-state index in [-0.39, 0.29) is 12.2 Å². The summed E-state index contributed by atoms with van der Waals surface area (Å²) in [7, 11) is 0. The van der Waals surface area contributed by atoms with E-state index in [1.54, 1.807) is 0 Å². The van der Waals surface area contributed by atoms with Crippen LogP contribution in [0.4, 0.5) is 8.78 Å². The second-order valence-corrected chi connectivity index (χ2v) is 4.25. The fourth-order valence-corrected chi connectivity index (χ4v) is 1.83. The molecule has 0 N–H and O–H groups in total. The van der Waals surface area contributed by atoms with Gasteiger partial charge in [-0.15, -0.1) is 0 Å². The van der Waals surface area contributed by atoms with Gasteiger partial charge in [0.15, 0.2) is 0 Å². The number of ether oxygens (including phenoxy) is 1. The molecule has 0 aromatic heterocycles. The Hall–Kier alpha value is -1.90. The molecule has 2 aromatic carbocycles. The Labute approximate surface area is 105 Å². The van der Waals surface area contributed by atoms with E-state index in [4.69, 9.17) is 4.74 Å². The molecule has 0 heterocycles. The number of benzene rings is 2. The summed E-state index contributed by atoms with van der Waals surface area (Å²) in [6, 6.07) is 9.13. The number of para-hydroxylation sites is 1. The van der Waals surface area contributed by atoms with Crippen molar-refractivity contribution in [3.8, 4) is 5.75 Å². The zero-order valence-electron chi connectivity index (χ0n) is 10.3. The number of aryl methyl sites for hydroxylation is 2. The normalized spacial score (nSPS) is 10.4. The highest BCUT2D eigenvalue weighted by Crippen LogP contribution is 2.24. The lowest BCUT2D eigenvalue weighted by Crippen LogP contribution is -2.01. The maximum Gasteiger partial charge on any atom is 0.130 e. The van der Waals surface area contributed by atoms with E-state index in [1.807, 2.05) is 32.0 Å². The Morgan fingerprint density at radius 2 is 1.67 bits per heavy atom. The van der Waals surface area contributed by atoms with Crippen molar-refractivity contribution in [3.63, 3.8) is 0 Å². The van der Waals surface area contributed by atoms with Gasteiger partial charge in [0.2, 0.25) is 0 Å². The standard InChI is InChI=1S/C15H14F2O/c1-10-4-3-5-11(2)15(10)18-9-12-8-13(16)6-7-14(12)17/h3-8H,9H2,1-2H3. The van der Waals surface area contributed by atoms with Crippen molar-refractivity contribution in [1.82, 2.24) is 0 Å². The smallest absolute Gasteiger partial charge is 0.130 e. The molecule has 0 aliphatic rings. The van der Waals surface area contributed by atoms with Gasteiger partial charge in [-0.05, 0) is 43.2 Å². The van der Waals surface area contributed by atoms with Crippen LogP contribution in [0.1, 0.15) is 16.7 Å². The summed E-state index contributed by atoms with van der Waals surface area (Å²) in [6.45, 7) is 3.86. The zero-order valence-corrected chi connectivity index (χ0v) is 10.3. The fraction of sp³-hybridized carbons (Fsp3) is 0.200. The molecule has 0 aliphatic heterocycles. The van der Waals surface area contributed by atoms with E-state index in [9.17, 15) is 8.78 Å². The van der Waals surface area contributed by atoms with Gasteiger partial charge in [-0.1, -0.05) is 18.2 Å². The molecule has 0 saturated heterocycles. The minimum absolute atomic E-state index is 0.0231. The second kappa shape index (κ2) is 5.17. The molecular formula is C15H14F2O. The first-order chi connectivity index (χ1) is 8.58. The highest BCUT2D eigenvalue weighted by atomic mass is 19.1. The Balaban J connectivity index is 2.19. The SMILES string of the molecule is Cc1cccc(C)c1OCc1cc(F)ccc1F. The number of halogens is 2. The van der Waals surface area contributed by atoms with Gasteiger partial charge in [0.25, 0.3) is 0 Å². The summed E-state index contributed by atoms with van der Waals surface area (Å²) in [5, 5.41) is 0. The molecule has 0 aliphatic carbocycles. The van der Waals surface area contributed by atoms with Crippen LogP contribution in [0, 0.1) is 25.5 Å². The average molecular weight is 248 g/mol. The van der Waals surface area contributed by atoms with Crippen LogP contribution in [0.3, 0.4) is 0 Å². The van der Waals surface area contributed by atoms with Crippen LogP contribution in [-0.4, -0.2) is 0 Å². The molecular weight excluding hydrogens is 234 g/mol. The average Bonchev–Trinajstić information content (AvgIpc) is 2.33. The van der Waals surface area contributed by atoms with Crippen LogP contribution in [0.15, 0.2) is 36.4 Å². The minimum atomic E-state index is -0.462. The molecule has 0 spiro atoms. The van der Waals surface area contributed by atoms with Gasteiger partial charge in [0.1, 0.15) is 24.0 Å². The van der Waals surface area contributed by atoms with Crippen molar-refractivity contribution in [2.75, 3.05) is 0 Å². The van der Waals surface area contributed by atoms with Gasteiger partial charge in [0.05, 0.1) is 0 Å². The highest BCUT2D eigenvalue weighted by molar-refractivity contribution is 5.39. The number of hydrogen-bond acceptors (Lipinski definition) is 1. The predicted octanol–water partition coefficient (Wildman–Crippen LogP) is 4.16. The van der Waals surface area contributed by atoms with E-state index in [0.717, 1.165) is 35.1 Å². The van der Waals surface area contributed by atoms with E-state index in [1.165, 1.54) is 0 Å². The van der Waals surface area contributed by atoms with Crippen LogP contribution < -0.4 is 4.74 Å². The first-order valence-electron chi connectivity index (χ1n) is 5.71. The van der Waals surface area contributed by atoms with Crippen LogP contribution >= 0.6 is 0 Å². The van der Waals surface area contributed by atoms with Crippen molar-refractivity contribution in [2.24, 2.45) is 0 Å². The van der Waals surface area contributed by atoms with E-state index in [2.05, 4.69) is 0 Å². The number of rotatable bonds is 3. The van der Waals surface area contributed by atoms with Crippen molar-refractivity contribution in [2.45, 2.75) is 20.5 Å². The molecule has 0 amide bonds. The van der Waals surface area contributed by atoms with Crippen molar-refractivity contribution >= 4 is 0 Å². The molecule has 0 atom stereocenters. The molecule has 0 fully saturated rings. The third-order valence-electron chi connectivity index (χ3n) is 2.79. The third kappa shape index (κ3) is 2.67. The van der Waals surface area contributed by atoms with Crippen LogP contribution in [0.5, 0.6) is 5.75 Å². The Morgan fingerprint density at radius 1 is 1.00 bits per heavy atom. The van der Waals surface area contributed by atoms with Crippen LogP contribution in [-0.2, 0) is 6.61 Å². The third-order valence-corrected chi connectivity index (χ3v) is 2.79. The molecule has 1 nitrogen and oxygen atoms in total. The Bertz CT molecular complexity index is 544. The fourth-order valence-electron chi connectivity index (χ4n) is 1.83. The Morgan fingerprint density at radius 3 is 2.33 bits per heavy atom. The summed E-state index contributed by atoms with van der Waals surface area (Å²) in [5.41, 5.74) is 2.18. The van der Waals surface area contributed by atoms with Crippen molar-refractivity contribution in [3.05, 3.63) is 64.7 Å². The van der Waals surface area contributed by atoms with Gasteiger partial charge < -0.3 is 4.74 Å². The van der Waals surface area contributed by atoms with Crippen molar-refractivity contribution in [1.29, 1.82) is 0 Å². The summed E-state index contributed by atoms with van der Waals surface area (Å²) in [5.74, 6) is -0.194. The molecule has 0 unspecified atom stereocenters. The van der Waals surface area contributed by atoms with Gasteiger partial charge in [-0.25, -0.2) is 8.78 Å². The molecule has 0 saturated carbocycles. The quantitative estimate of drug-likeness (QED) is 0.792. The van der Waals surface area contributed by atoms with Crippen molar-refractivity contribution < 1.29 is 13.5 Å². The van der Waals surface area contributed by atoms with Gasteiger partial charge in [-0.2, -0.15) is 0 Å². The lowest BCUT2D eigenvalue weighted by atomic mass is 10.1. The molecule has 0 bridgehead atoms. The van der Waals surface area contributed by atoms with Gasteiger partial charge in [-0.3, -0.25) is 0 Å². The monoisotopic (exact) mass is 248 g/mol. The molecule has 0 radical (unpaired) electrons. The summed E-state index contributed by atoms with van der Waals surface area (Å²) in [6.07, 6.45) is 0. The predicted molar refractivity (Wildman–Crippen MR) is 66.6 cm³/mol. The maximum atomic E-state index is 13.4. The van der Waals surface area contributed by atoms with Gasteiger partial charge in [0, 0.05) is 5.56 Å². The molecule has 18 heavy (non-hydrogen) atoms. The first kappa shape index (κ1) is 12.6. The molecule has 2 rings (SSSR count). The largest absolute Gasteiger partial charge is 0.488 e. The van der Waals surface area contributed by atoms with E-state index < -0.39 is 11.6 Å². The van der Waals surface area contributed by atoms with Crippen LogP contribution in [0.2, 0.25) is 0 Å². The summed E-state index contributed by atoms with van der Waals surface area (Å²) >= 11 is 0. The lowest BCUT2D eigenvalue weighted by molar-refractivity contribution is 0.295. The first-order valence-corrected chi connectivity index (χ1v) is 5.71. The van der Waals surface area contributed by atoms with Crippen LogP contribution in [0.25, 0.3) is 0 Å². The summed E-state index contributed by atoms with van der Waals surface area (Å²) in [4.78, 5) is 0. The Kier molecular flexibility index (Phi) is 3.60. The number of hydrogen-bond donors (Lipinski definition) is 0. The summed E-state index contributed by atoms with van der Waals surface area (Å²) < 4.78 is 32.0. The zero-order chi connectivity index (χ0) is 13.1. The molecule has 3 heteroatoms. The highest BCUT2D eigenvalue weighted by Gasteiger charge is 2.07. The van der Waals surface area contributed by atoms with E-state index in [0.29, 0.717) is 0 Å². The molecule has 2 aromatic rings. The second-order valence-electron chi connectivity index (χ2n) is 4.25.